The van der Waals surface area contributed by atoms with Gasteiger partial charge in [0.1, 0.15) is 10.4 Å². The molecule has 2 aromatic rings. The highest BCUT2D eigenvalue weighted by atomic mass is 79.9. The summed E-state index contributed by atoms with van der Waals surface area (Å²) in [5, 5.41) is 4.18. The van der Waals surface area contributed by atoms with Gasteiger partial charge in [-0.15, -0.1) is 0 Å². The first kappa shape index (κ1) is 12.0. The van der Waals surface area contributed by atoms with Crippen molar-refractivity contribution < 1.29 is 4.74 Å². The van der Waals surface area contributed by atoms with E-state index in [9.17, 15) is 0 Å². The number of hydrogen-bond donors (Lipinski definition) is 0. The molecule has 0 unspecified atom stereocenters. The fourth-order valence-electron chi connectivity index (χ4n) is 1.43. The van der Waals surface area contributed by atoms with Crippen molar-refractivity contribution in [3.05, 3.63) is 28.9 Å². The van der Waals surface area contributed by atoms with Crippen molar-refractivity contribution in [2.75, 3.05) is 0 Å². The average molecular weight is 297 g/mol. The molecule has 0 saturated heterocycles. The molecule has 0 bridgehead atoms. The van der Waals surface area contributed by atoms with E-state index < -0.39 is 0 Å². The Morgan fingerprint density at radius 2 is 2.24 bits per heavy atom. The number of aromatic nitrogens is 4. The van der Waals surface area contributed by atoms with Gasteiger partial charge in [-0.3, -0.25) is 4.68 Å². The molecule has 0 aliphatic carbocycles. The summed E-state index contributed by atoms with van der Waals surface area (Å²) in [5.41, 5.74) is 0. The van der Waals surface area contributed by atoms with Crippen LogP contribution in [0.2, 0.25) is 0 Å². The molecule has 0 fully saturated rings. The molecule has 0 atom stereocenters. The van der Waals surface area contributed by atoms with Crippen LogP contribution in [0.1, 0.15) is 19.2 Å². The van der Waals surface area contributed by atoms with E-state index in [1.807, 2.05) is 17.8 Å². The summed E-state index contributed by atoms with van der Waals surface area (Å²) in [6.45, 7) is 4.81. The van der Waals surface area contributed by atoms with Crippen molar-refractivity contribution in [2.24, 2.45) is 0 Å². The van der Waals surface area contributed by atoms with Gasteiger partial charge in [0, 0.05) is 12.6 Å². The number of halogens is 1. The molecule has 0 N–H and O–H groups in total. The van der Waals surface area contributed by atoms with Gasteiger partial charge in [0.15, 0.2) is 5.75 Å². The Balaban J connectivity index is 2.13. The fraction of sp³-hybridized carbons (Fsp3) is 0.364. The van der Waals surface area contributed by atoms with E-state index in [1.54, 1.807) is 12.3 Å². The van der Waals surface area contributed by atoms with E-state index in [2.05, 4.69) is 37.9 Å². The second kappa shape index (κ2) is 5.27. The summed E-state index contributed by atoms with van der Waals surface area (Å²) >= 11 is 3.30. The summed E-state index contributed by atoms with van der Waals surface area (Å²) in [7, 11) is 0. The van der Waals surface area contributed by atoms with Gasteiger partial charge < -0.3 is 4.74 Å². The zero-order chi connectivity index (χ0) is 12.3. The quantitative estimate of drug-likeness (QED) is 0.814. The normalized spacial score (nSPS) is 10.5. The van der Waals surface area contributed by atoms with Gasteiger partial charge in [0.25, 0.3) is 0 Å². The number of rotatable bonds is 4. The van der Waals surface area contributed by atoms with Crippen LogP contribution in [0, 0.1) is 6.92 Å². The van der Waals surface area contributed by atoms with Gasteiger partial charge in [-0.1, -0.05) is 6.92 Å². The summed E-state index contributed by atoms with van der Waals surface area (Å²) in [5.74, 6) is 1.86. The highest BCUT2D eigenvalue weighted by Crippen LogP contribution is 2.21. The SMILES string of the molecule is CCCn1cc(Oc2cc(Br)nc(C)n2)cn1. The smallest absolute Gasteiger partial charge is 0.223 e. The summed E-state index contributed by atoms with van der Waals surface area (Å²) in [6.07, 6.45) is 4.58. The van der Waals surface area contributed by atoms with Crippen LogP contribution in [0.25, 0.3) is 0 Å². The predicted molar refractivity (Wildman–Crippen MR) is 67.1 cm³/mol. The van der Waals surface area contributed by atoms with Crippen LogP contribution in [0.4, 0.5) is 0 Å². The molecule has 0 aliphatic heterocycles. The van der Waals surface area contributed by atoms with E-state index in [0.717, 1.165) is 13.0 Å². The fourth-order valence-corrected chi connectivity index (χ4v) is 1.88. The molecule has 0 aromatic carbocycles. The van der Waals surface area contributed by atoms with Gasteiger partial charge in [0.2, 0.25) is 5.88 Å². The first-order valence-electron chi connectivity index (χ1n) is 5.39. The molecule has 0 radical (unpaired) electrons. The van der Waals surface area contributed by atoms with E-state index >= 15 is 0 Å². The Bertz CT molecular complexity index is 492. The first-order chi connectivity index (χ1) is 8.17. The van der Waals surface area contributed by atoms with Crippen LogP contribution in [0.5, 0.6) is 11.6 Å². The zero-order valence-corrected chi connectivity index (χ0v) is 11.3. The Morgan fingerprint density at radius 3 is 2.94 bits per heavy atom. The van der Waals surface area contributed by atoms with Gasteiger partial charge >= 0.3 is 0 Å². The van der Waals surface area contributed by atoms with Crippen molar-refractivity contribution in [3.8, 4) is 11.6 Å². The van der Waals surface area contributed by atoms with Crippen LogP contribution in [0.3, 0.4) is 0 Å². The minimum Gasteiger partial charge on any atom is -0.436 e. The van der Waals surface area contributed by atoms with E-state index in [1.165, 1.54) is 0 Å². The lowest BCUT2D eigenvalue weighted by Crippen LogP contribution is -1.95. The number of hydrogen-bond acceptors (Lipinski definition) is 4. The number of nitrogens with zero attached hydrogens (tertiary/aromatic N) is 4. The van der Waals surface area contributed by atoms with Crippen LogP contribution in [-0.2, 0) is 6.54 Å². The largest absolute Gasteiger partial charge is 0.436 e. The van der Waals surface area contributed by atoms with Crippen molar-refractivity contribution in [1.29, 1.82) is 0 Å². The topological polar surface area (TPSA) is 52.8 Å². The summed E-state index contributed by atoms with van der Waals surface area (Å²) in [6, 6.07) is 1.73. The first-order valence-corrected chi connectivity index (χ1v) is 6.18. The minimum absolute atomic E-state index is 0.514. The molecule has 0 saturated carbocycles. The van der Waals surface area contributed by atoms with Gasteiger partial charge in [-0.2, -0.15) is 10.1 Å². The molecule has 5 nitrogen and oxygen atoms in total. The molecular formula is C11H13BrN4O. The van der Waals surface area contributed by atoms with Crippen LogP contribution in [-0.4, -0.2) is 19.7 Å². The molecule has 6 heteroatoms. The third kappa shape index (κ3) is 3.26. The van der Waals surface area contributed by atoms with Gasteiger partial charge in [-0.05, 0) is 29.3 Å². The van der Waals surface area contributed by atoms with Crippen LogP contribution < -0.4 is 4.74 Å². The monoisotopic (exact) mass is 296 g/mol. The molecule has 2 heterocycles. The second-order valence-electron chi connectivity index (χ2n) is 3.62. The maximum Gasteiger partial charge on any atom is 0.223 e. The third-order valence-corrected chi connectivity index (χ3v) is 2.47. The lowest BCUT2D eigenvalue weighted by Gasteiger charge is -2.02. The lowest BCUT2D eigenvalue weighted by molar-refractivity contribution is 0.457. The van der Waals surface area contributed by atoms with E-state index in [4.69, 9.17) is 4.74 Å². The molecule has 0 amide bonds. The molecule has 2 rings (SSSR count). The number of aryl methyl sites for hydroxylation is 2. The average Bonchev–Trinajstić information content (AvgIpc) is 2.64. The Kier molecular flexibility index (Phi) is 3.73. The highest BCUT2D eigenvalue weighted by Gasteiger charge is 2.04. The molecule has 2 aromatic heterocycles. The Morgan fingerprint density at radius 1 is 1.41 bits per heavy atom. The van der Waals surface area contributed by atoms with Crippen LogP contribution >= 0.6 is 15.9 Å². The van der Waals surface area contributed by atoms with Crippen LogP contribution in [0.15, 0.2) is 23.1 Å². The van der Waals surface area contributed by atoms with Crippen molar-refractivity contribution in [1.82, 2.24) is 19.7 Å². The molecule has 17 heavy (non-hydrogen) atoms. The zero-order valence-electron chi connectivity index (χ0n) is 9.72. The summed E-state index contributed by atoms with van der Waals surface area (Å²) < 4.78 is 8.16. The standard InChI is InChI=1S/C11H13BrN4O/c1-3-4-16-7-9(6-13-16)17-11-5-10(12)14-8(2)15-11/h5-7H,3-4H2,1-2H3. The van der Waals surface area contributed by atoms with Crippen molar-refractivity contribution in [2.45, 2.75) is 26.8 Å². The molecule has 0 spiro atoms. The third-order valence-electron chi connectivity index (χ3n) is 2.07. The number of ether oxygens (including phenoxy) is 1. The maximum atomic E-state index is 5.60. The van der Waals surface area contributed by atoms with Gasteiger partial charge in [0.05, 0.1) is 12.4 Å². The Hall–Kier alpha value is -1.43. The van der Waals surface area contributed by atoms with E-state index in [0.29, 0.717) is 22.1 Å². The maximum absolute atomic E-state index is 5.60. The van der Waals surface area contributed by atoms with Crippen molar-refractivity contribution >= 4 is 15.9 Å². The van der Waals surface area contributed by atoms with Gasteiger partial charge in [-0.25, -0.2) is 4.98 Å². The Labute approximate surface area is 108 Å². The second-order valence-corrected chi connectivity index (χ2v) is 4.43. The molecular weight excluding hydrogens is 284 g/mol. The van der Waals surface area contributed by atoms with Crippen molar-refractivity contribution in [3.63, 3.8) is 0 Å². The summed E-state index contributed by atoms with van der Waals surface area (Å²) in [4.78, 5) is 8.30. The predicted octanol–water partition coefficient (Wildman–Crippen LogP) is 2.95. The molecule has 90 valence electrons. The minimum atomic E-state index is 0.514. The molecule has 0 aliphatic rings. The van der Waals surface area contributed by atoms with E-state index in [-0.39, 0.29) is 0 Å². The highest BCUT2D eigenvalue weighted by molar-refractivity contribution is 9.10. The lowest BCUT2D eigenvalue weighted by atomic mass is 10.5.